The summed E-state index contributed by atoms with van der Waals surface area (Å²) in [5.74, 6) is 0.926. The Bertz CT molecular complexity index is 427. The van der Waals surface area contributed by atoms with Crippen molar-refractivity contribution in [2.75, 3.05) is 20.6 Å². The van der Waals surface area contributed by atoms with Crippen LogP contribution >= 0.6 is 24.0 Å². The smallest absolute Gasteiger partial charge is 0.193 e. The fraction of sp³-hybridized carbons (Fsp3) is 0.600. The highest BCUT2D eigenvalue weighted by Crippen LogP contribution is 2.02. The molecule has 1 aromatic heterocycles. The minimum absolute atomic E-state index is 0. The summed E-state index contributed by atoms with van der Waals surface area (Å²) in [5.41, 5.74) is 1.14. The summed E-state index contributed by atoms with van der Waals surface area (Å²) in [6.07, 6.45) is 8.53. The number of guanidine groups is 1. The molecule has 0 atom stereocenters. The second-order valence-corrected chi connectivity index (χ2v) is 4.91. The molecule has 0 aliphatic heterocycles. The molecule has 0 fully saturated rings. The Balaban J connectivity index is 0.00000400. The first-order valence-electron chi connectivity index (χ1n) is 7.18. The molecule has 0 aliphatic carbocycles. The summed E-state index contributed by atoms with van der Waals surface area (Å²) in [7, 11) is 5.84. The molecule has 0 aromatic carbocycles. The molecule has 0 bridgehead atoms. The summed E-state index contributed by atoms with van der Waals surface area (Å²) in [6, 6.07) is 2.01. The van der Waals surface area contributed by atoms with Crippen molar-refractivity contribution in [2.24, 2.45) is 12.0 Å². The Morgan fingerprint density at radius 2 is 2.24 bits per heavy atom. The van der Waals surface area contributed by atoms with E-state index in [1.165, 1.54) is 19.3 Å². The lowest BCUT2D eigenvalue weighted by Crippen LogP contribution is -2.39. The number of nitrogens with zero attached hydrogens (tertiary/aromatic N) is 4. The van der Waals surface area contributed by atoms with E-state index in [2.05, 4.69) is 33.9 Å². The number of aromatic nitrogens is 2. The van der Waals surface area contributed by atoms with Crippen LogP contribution in [0.15, 0.2) is 29.9 Å². The van der Waals surface area contributed by atoms with E-state index in [9.17, 15) is 0 Å². The van der Waals surface area contributed by atoms with E-state index in [1.54, 1.807) is 0 Å². The minimum atomic E-state index is 0. The molecule has 21 heavy (non-hydrogen) atoms. The summed E-state index contributed by atoms with van der Waals surface area (Å²) >= 11 is 0. The number of aryl methyl sites for hydroxylation is 1. The maximum atomic E-state index is 4.32. The second-order valence-electron chi connectivity index (χ2n) is 4.91. The van der Waals surface area contributed by atoms with Gasteiger partial charge in [-0.2, -0.15) is 5.10 Å². The molecule has 0 saturated carbocycles. The van der Waals surface area contributed by atoms with Gasteiger partial charge in [-0.3, -0.25) is 9.67 Å². The molecule has 0 spiro atoms. The van der Waals surface area contributed by atoms with Crippen LogP contribution in [-0.2, 0) is 13.6 Å². The average molecular weight is 405 g/mol. The molecule has 6 heteroatoms. The Hall–Kier alpha value is -1.05. The van der Waals surface area contributed by atoms with E-state index in [1.807, 2.05) is 37.1 Å². The molecular weight excluding hydrogens is 377 g/mol. The van der Waals surface area contributed by atoms with Gasteiger partial charge in [0.25, 0.3) is 0 Å². The fourth-order valence-electron chi connectivity index (χ4n) is 2.05. The molecular formula is C15H28IN5. The third-order valence-corrected chi connectivity index (χ3v) is 3.33. The Labute approximate surface area is 145 Å². The van der Waals surface area contributed by atoms with Crippen LogP contribution in [0.25, 0.3) is 0 Å². The van der Waals surface area contributed by atoms with Gasteiger partial charge in [0.05, 0.1) is 12.2 Å². The van der Waals surface area contributed by atoms with Crippen LogP contribution in [0.5, 0.6) is 0 Å². The van der Waals surface area contributed by atoms with Crippen molar-refractivity contribution in [2.45, 2.75) is 32.2 Å². The van der Waals surface area contributed by atoms with Crippen molar-refractivity contribution in [3.8, 4) is 0 Å². The van der Waals surface area contributed by atoms with Crippen LogP contribution in [0.4, 0.5) is 0 Å². The standard InChI is InChI=1S/C15H27N5.HI/c1-5-6-7-8-9-12-19(3)15(16-2)17-13-14-10-11-18-20(14)4;/h5,10-11H,1,6-9,12-13H2,2-4H3,(H,16,17);1H. The number of aliphatic imine (C=N–C) groups is 1. The number of hydrogen-bond acceptors (Lipinski definition) is 2. The van der Waals surface area contributed by atoms with E-state index in [0.29, 0.717) is 0 Å². The van der Waals surface area contributed by atoms with E-state index < -0.39 is 0 Å². The van der Waals surface area contributed by atoms with Gasteiger partial charge in [0, 0.05) is 33.9 Å². The number of unbranched alkanes of at least 4 members (excludes halogenated alkanes) is 3. The lowest BCUT2D eigenvalue weighted by molar-refractivity contribution is 0.454. The van der Waals surface area contributed by atoms with Crippen molar-refractivity contribution >= 4 is 29.9 Å². The Morgan fingerprint density at radius 3 is 2.81 bits per heavy atom. The van der Waals surface area contributed by atoms with Gasteiger partial charge in [-0.25, -0.2) is 0 Å². The van der Waals surface area contributed by atoms with Crippen molar-refractivity contribution in [3.05, 3.63) is 30.6 Å². The van der Waals surface area contributed by atoms with Crippen LogP contribution < -0.4 is 5.32 Å². The summed E-state index contributed by atoms with van der Waals surface area (Å²) < 4.78 is 1.87. The molecule has 120 valence electrons. The van der Waals surface area contributed by atoms with Gasteiger partial charge in [-0.05, 0) is 25.3 Å². The van der Waals surface area contributed by atoms with Gasteiger partial charge in [-0.1, -0.05) is 12.5 Å². The lowest BCUT2D eigenvalue weighted by Gasteiger charge is -2.22. The molecule has 1 rings (SSSR count). The van der Waals surface area contributed by atoms with Crippen molar-refractivity contribution < 1.29 is 0 Å². The highest BCUT2D eigenvalue weighted by Gasteiger charge is 2.06. The van der Waals surface area contributed by atoms with E-state index in [4.69, 9.17) is 0 Å². The zero-order chi connectivity index (χ0) is 14.8. The van der Waals surface area contributed by atoms with Crippen LogP contribution in [0.1, 0.15) is 31.4 Å². The van der Waals surface area contributed by atoms with Gasteiger partial charge >= 0.3 is 0 Å². The molecule has 0 amide bonds. The van der Waals surface area contributed by atoms with Crippen molar-refractivity contribution in [1.29, 1.82) is 0 Å². The highest BCUT2D eigenvalue weighted by atomic mass is 127. The van der Waals surface area contributed by atoms with Gasteiger partial charge < -0.3 is 10.2 Å². The quantitative estimate of drug-likeness (QED) is 0.238. The first-order valence-corrected chi connectivity index (χ1v) is 7.18. The normalized spacial score (nSPS) is 10.9. The molecule has 0 unspecified atom stereocenters. The fourth-order valence-corrected chi connectivity index (χ4v) is 2.05. The monoisotopic (exact) mass is 405 g/mol. The maximum absolute atomic E-state index is 4.32. The molecule has 1 aromatic rings. The van der Waals surface area contributed by atoms with Crippen LogP contribution in [0, 0.1) is 0 Å². The molecule has 0 aliphatic rings. The number of halogens is 1. The van der Waals surface area contributed by atoms with Crippen LogP contribution in [0.3, 0.4) is 0 Å². The third kappa shape index (κ3) is 7.50. The average Bonchev–Trinajstić information content (AvgIpc) is 2.85. The molecule has 0 radical (unpaired) electrons. The van der Waals surface area contributed by atoms with Gasteiger partial charge in [0.2, 0.25) is 0 Å². The maximum Gasteiger partial charge on any atom is 0.193 e. The van der Waals surface area contributed by atoms with Gasteiger partial charge in [0.1, 0.15) is 0 Å². The van der Waals surface area contributed by atoms with Crippen molar-refractivity contribution in [1.82, 2.24) is 20.0 Å². The minimum Gasteiger partial charge on any atom is -0.351 e. The zero-order valence-corrected chi connectivity index (χ0v) is 15.7. The molecule has 0 saturated heterocycles. The molecule has 5 nitrogen and oxygen atoms in total. The van der Waals surface area contributed by atoms with Gasteiger partial charge in [-0.15, -0.1) is 30.6 Å². The SMILES string of the molecule is C=CCCCCCN(C)C(=NC)NCc1ccnn1C.I. The predicted octanol–water partition coefficient (Wildman–Crippen LogP) is 2.79. The highest BCUT2D eigenvalue weighted by molar-refractivity contribution is 14.0. The number of allylic oxidation sites excluding steroid dienone is 1. The van der Waals surface area contributed by atoms with E-state index >= 15 is 0 Å². The number of hydrogen-bond donors (Lipinski definition) is 1. The summed E-state index contributed by atoms with van der Waals surface area (Å²) in [5, 5.41) is 7.52. The van der Waals surface area contributed by atoms with Crippen LogP contribution in [0.2, 0.25) is 0 Å². The van der Waals surface area contributed by atoms with Gasteiger partial charge in [0.15, 0.2) is 5.96 Å². The molecule has 1 N–H and O–H groups in total. The first kappa shape index (κ1) is 19.9. The second kappa shape index (κ2) is 11.6. The van der Waals surface area contributed by atoms with Crippen LogP contribution in [-0.4, -0.2) is 41.3 Å². The zero-order valence-electron chi connectivity index (χ0n) is 13.4. The largest absolute Gasteiger partial charge is 0.351 e. The topological polar surface area (TPSA) is 45.4 Å². The lowest BCUT2D eigenvalue weighted by atomic mass is 10.2. The Morgan fingerprint density at radius 1 is 1.48 bits per heavy atom. The first-order chi connectivity index (χ1) is 9.69. The molecule has 1 heterocycles. The predicted molar refractivity (Wildman–Crippen MR) is 100 cm³/mol. The number of nitrogens with one attached hydrogen (secondary N) is 1. The Kier molecular flexibility index (Phi) is 11.0. The van der Waals surface area contributed by atoms with E-state index in [-0.39, 0.29) is 24.0 Å². The number of rotatable bonds is 8. The summed E-state index contributed by atoms with van der Waals surface area (Å²) in [4.78, 5) is 6.49. The van der Waals surface area contributed by atoms with Crippen molar-refractivity contribution in [3.63, 3.8) is 0 Å². The third-order valence-electron chi connectivity index (χ3n) is 3.33. The summed E-state index contributed by atoms with van der Waals surface area (Å²) in [6.45, 7) is 5.50. The van der Waals surface area contributed by atoms with E-state index in [0.717, 1.165) is 31.2 Å².